The average Bonchev–Trinajstić information content (AvgIpc) is 2.75. The maximum atomic E-state index is 11.7. The number of nitrogens with one attached hydrogen (secondary N) is 1. The van der Waals surface area contributed by atoms with Gasteiger partial charge in [-0.2, -0.15) is 0 Å². The topological polar surface area (TPSA) is 38.3 Å². The van der Waals surface area contributed by atoms with Gasteiger partial charge in [-0.15, -0.1) is 11.8 Å². The minimum absolute atomic E-state index is 0.0704. The summed E-state index contributed by atoms with van der Waals surface area (Å²) in [5, 5.41) is 2.95. The van der Waals surface area contributed by atoms with Crippen LogP contribution < -0.4 is 10.1 Å². The molecular formula is C15H21NO2S. The fraction of sp³-hybridized carbons (Fsp3) is 0.533. The van der Waals surface area contributed by atoms with Gasteiger partial charge in [-0.25, -0.2) is 0 Å². The molecule has 1 atom stereocenters. The van der Waals surface area contributed by atoms with Crippen molar-refractivity contribution in [1.82, 2.24) is 5.32 Å². The van der Waals surface area contributed by atoms with Gasteiger partial charge < -0.3 is 10.1 Å². The van der Waals surface area contributed by atoms with E-state index in [1.807, 2.05) is 18.2 Å². The number of hydrogen-bond donors (Lipinski definition) is 1. The van der Waals surface area contributed by atoms with Crippen LogP contribution in [0.4, 0.5) is 0 Å². The van der Waals surface area contributed by atoms with Gasteiger partial charge >= 0.3 is 0 Å². The molecule has 1 aliphatic heterocycles. The lowest BCUT2D eigenvalue weighted by Crippen LogP contribution is -2.36. The van der Waals surface area contributed by atoms with Gasteiger partial charge in [-0.05, 0) is 11.6 Å². The minimum atomic E-state index is 0.0704. The molecule has 2 rings (SSSR count). The highest BCUT2D eigenvalue weighted by Gasteiger charge is 2.22. The number of para-hydroxylation sites is 1. The Bertz CT molecular complexity index is 429. The SMILES string of the molecule is CC(C)(C)SCC(=O)NC[C@H]1Cc2ccccc2O1. The van der Waals surface area contributed by atoms with E-state index < -0.39 is 0 Å². The Morgan fingerprint density at radius 3 is 2.84 bits per heavy atom. The first-order valence-electron chi connectivity index (χ1n) is 6.59. The fourth-order valence-electron chi connectivity index (χ4n) is 1.93. The lowest BCUT2D eigenvalue weighted by molar-refractivity contribution is -0.118. The smallest absolute Gasteiger partial charge is 0.230 e. The van der Waals surface area contributed by atoms with Crippen LogP contribution in [-0.4, -0.2) is 29.1 Å². The van der Waals surface area contributed by atoms with Crippen LogP contribution in [0.25, 0.3) is 0 Å². The molecule has 0 fully saturated rings. The van der Waals surface area contributed by atoms with Crippen LogP contribution in [0.1, 0.15) is 26.3 Å². The van der Waals surface area contributed by atoms with Crippen LogP contribution >= 0.6 is 11.8 Å². The lowest BCUT2D eigenvalue weighted by Gasteiger charge is -2.17. The second kappa shape index (κ2) is 5.87. The largest absolute Gasteiger partial charge is 0.488 e. The number of carbonyl (C=O) groups excluding carboxylic acids is 1. The molecular weight excluding hydrogens is 258 g/mol. The van der Waals surface area contributed by atoms with Gasteiger partial charge in [-0.1, -0.05) is 39.0 Å². The van der Waals surface area contributed by atoms with Crippen molar-refractivity contribution in [3.63, 3.8) is 0 Å². The third kappa shape index (κ3) is 4.46. The Morgan fingerprint density at radius 1 is 1.42 bits per heavy atom. The van der Waals surface area contributed by atoms with Gasteiger partial charge in [0.05, 0.1) is 12.3 Å². The monoisotopic (exact) mass is 279 g/mol. The molecule has 0 radical (unpaired) electrons. The summed E-state index contributed by atoms with van der Waals surface area (Å²) in [7, 11) is 0. The van der Waals surface area contributed by atoms with Crippen molar-refractivity contribution in [2.75, 3.05) is 12.3 Å². The number of fused-ring (bicyclic) bond motifs is 1. The first kappa shape index (κ1) is 14.3. The van der Waals surface area contributed by atoms with E-state index in [9.17, 15) is 4.79 Å². The van der Waals surface area contributed by atoms with Crippen LogP contribution in [0.5, 0.6) is 5.75 Å². The summed E-state index contributed by atoms with van der Waals surface area (Å²) in [6.45, 7) is 6.92. The molecule has 0 saturated heterocycles. The number of thioether (sulfide) groups is 1. The highest BCUT2D eigenvalue weighted by atomic mass is 32.2. The number of amides is 1. The van der Waals surface area contributed by atoms with Gasteiger partial charge in [-0.3, -0.25) is 4.79 Å². The molecule has 3 nitrogen and oxygen atoms in total. The van der Waals surface area contributed by atoms with Crippen molar-refractivity contribution in [1.29, 1.82) is 0 Å². The molecule has 0 aromatic heterocycles. The normalized spacial score (nSPS) is 17.7. The molecule has 1 aromatic rings. The quantitative estimate of drug-likeness (QED) is 0.921. The van der Waals surface area contributed by atoms with Crippen LogP contribution in [0, 0.1) is 0 Å². The van der Waals surface area contributed by atoms with Gasteiger partial charge in [0.15, 0.2) is 0 Å². The Kier molecular flexibility index (Phi) is 4.40. The first-order chi connectivity index (χ1) is 8.94. The second-order valence-corrected chi connectivity index (χ2v) is 7.56. The van der Waals surface area contributed by atoms with Crippen molar-refractivity contribution < 1.29 is 9.53 Å². The van der Waals surface area contributed by atoms with Gasteiger partial charge in [0, 0.05) is 11.2 Å². The maximum Gasteiger partial charge on any atom is 0.230 e. The van der Waals surface area contributed by atoms with Crippen molar-refractivity contribution >= 4 is 17.7 Å². The maximum absolute atomic E-state index is 11.7. The zero-order valence-corrected chi connectivity index (χ0v) is 12.5. The number of ether oxygens (including phenoxy) is 1. The molecule has 1 N–H and O–H groups in total. The van der Waals surface area contributed by atoms with E-state index in [1.165, 1.54) is 5.56 Å². The first-order valence-corrected chi connectivity index (χ1v) is 7.58. The molecule has 1 amide bonds. The van der Waals surface area contributed by atoms with Crippen molar-refractivity contribution in [3.8, 4) is 5.75 Å². The molecule has 1 aliphatic rings. The molecule has 104 valence electrons. The van der Waals surface area contributed by atoms with Gasteiger partial charge in [0.1, 0.15) is 11.9 Å². The van der Waals surface area contributed by atoms with Gasteiger partial charge in [0.2, 0.25) is 5.91 Å². The molecule has 19 heavy (non-hydrogen) atoms. The summed E-state index contributed by atoms with van der Waals surface area (Å²) in [5.74, 6) is 1.54. The van der Waals surface area contributed by atoms with Crippen LogP contribution in [0.3, 0.4) is 0 Å². The summed E-state index contributed by atoms with van der Waals surface area (Å²) in [6.07, 6.45) is 0.948. The van der Waals surface area contributed by atoms with Gasteiger partial charge in [0.25, 0.3) is 0 Å². The van der Waals surface area contributed by atoms with Crippen LogP contribution in [0.2, 0.25) is 0 Å². The van der Waals surface area contributed by atoms with Crippen LogP contribution in [0.15, 0.2) is 24.3 Å². The summed E-state index contributed by atoms with van der Waals surface area (Å²) in [4.78, 5) is 11.7. The molecule has 1 aromatic carbocycles. The summed E-state index contributed by atoms with van der Waals surface area (Å²) in [6, 6.07) is 8.04. The Balaban J connectivity index is 1.72. The number of hydrogen-bond acceptors (Lipinski definition) is 3. The average molecular weight is 279 g/mol. The highest BCUT2D eigenvalue weighted by molar-refractivity contribution is 8.01. The number of benzene rings is 1. The molecule has 0 saturated carbocycles. The third-order valence-corrected chi connectivity index (χ3v) is 4.15. The minimum Gasteiger partial charge on any atom is -0.488 e. The number of rotatable bonds is 4. The summed E-state index contributed by atoms with van der Waals surface area (Å²) in [5.41, 5.74) is 1.23. The van der Waals surface area contributed by atoms with E-state index in [2.05, 4.69) is 32.2 Å². The zero-order valence-electron chi connectivity index (χ0n) is 11.7. The van der Waals surface area contributed by atoms with E-state index in [-0.39, 0.29) is 16.8 Å². The summed E-state index contributed by atoms with van der Waals surface area (Å²) < 4.78 is 5.90. The van der Waals surface area contributed by atoms with E-state index >= 15 is 0 Å². The van der Waals surface area contributed by atoms with E-state index in [1.54, 1.807) is 11.8 Å². The van der Waals surface area contributed by atoms with E-state index in [0.717, 1.165) is 12.2 Å². The standard InChI is InChI=1S/C15H21NO2S/c1-15(2,3)19-10-14(17)16-9-12-8-11-6-4-5-7-13(11)18-12/h4-7,12H,8-10H2,1-3H3,(H,16,17)/t12-/m1/s1. The third-order valence-electron chi connectivity index (χ3n) is 2.88. The number of carbonyl (C=O) groups is 1. The molecule has 0 spiro atoms. The predicted octanol–water partition coefficient (Wildman–Crippen LogP) is 2.64. The molecule has 0 aliphatic carbocycles. The van der Waals surface area contributed by atoms with Crippen LogP contribution in [-0.2, 0) is 11.2 Å². The van der Waals surface area contributed by atoms with Crippen molar-refractivity contribution in [2.24, 2.45) is 0 Å². The molecule has 1 heterocycles. The highest BCUT2D eigenvalue weighted by Crippen LogP contribution is 2.27. The lowest BCUT2D eigenvalue weighted by atomic mass is 10.1. The summed E-state index contributed by atoms with van der Waals surface area (Å²) >= 11 is 1.66. The molecule has 0 unspecified atom stereocenters. The van der Waals surface area contributed by atoms with E-state index in [4.69, 9.17) is 4.74 Å². The fourth-order valence-corrected chi connectivity index (χ4v) is 2.59. The Labute approximate surface area is 119 Å². The van der Waals surface area contributed by atoms with E-state index in [0.29, 0.717) is 12.3 Å². The van der Waals surface area contributed by atoms with Crippen molar-refractivity contribution in [2.45, 2.75) is 38.0 Å². The second-order valence-electron chi connectivity index (χ2n) is 5.76. The Hall–Kier alpha value is -1.16. The predicted molar refractivity (Wildman–Crippen MR) is 79.8 cm³/mol. The van der Waals surface area contributed by atoms with Crippen molar-refractivity contribution in [3.05, 3.63) is 29.8 Å². The molecule has 0 bridgehead atoms. The molecule has 4 heteroatoms. The zero-order chi connectivity index (χ0) is 13.9. The Morgan fingerprint density at radius 2 is 2.16 bits per heavy atom.